The zero-order valence-corrected chi connectivity index (χ0v) is 14.2. The Morgan fingerprint density at radius 1 is 1.29 bits per heavy atom. The summed E-state index contributed by atoms with van der Waals surface area (Å²) >= 11 is 0. The minimum atomic E-state index is -0.444. The van der Waals surface area contributed by atoms with Crippen molar-refractivity contribution in [2.75, 3.05) is 27.1 Å². The van der Waals surface area contributed by atoms with Gasteiger partial charge in [0.15, 0.2) is 0 Å². The Hall–Kier alpha value is -0.690. The maximum absolute atomic E-state index is 11.9. The molecule has 0 aliphatic carbocycles. The zero-order valence-electron chi connectivity index (χ0n) is 14.2. The summed E-state index contributed by atoms with van der Waals surface area (Å²) in [5.41, 5.74) is -0.820. The highest BCUT2D eigenvalue weighted by molar-refractivity contribution is 5.69. The summed E-state index contributed by atoms with van der Waals surface area (Å²) in [6, 6.07) is 0. The second-order valence-electron chi connectivity index (χ2n) is 7.38. The van der Waals surface area contributed by atoms with Crippen molar-refractivity contribution in [2.24, 2.45) is 11.3 Å². The first-order chi connectivity index (χ1) is 9.54. The molecule has 1 aliphatic heterocycles. The average Bonchev–Trinajstić information content (AvgIpc) is 2.98. The lowest BCUT2D eigenvalue weighted by atomic mass is 9.75. The minimum Gasteiger partial charge on any atom is -0.460 e. The third kappa shape index (κ3) is 4.92. The zero-order chi connectivity index (χ0) is 16.3. The number of ether oxygens (including phenoxy) is 3. The fraction of sp³-hybridized carbons (Fsp3) is 0.933. The smallest absolute Gasteiger partial charge is 0.306 e. The predicted molar refractivity (Wildman–Crippen MR) is 80.3 cm³/mol. The number of rotatable bonds is 8. The highest BCUT2D eigenvalue weighted by Crippen LogP contribution is 2.48. The second kappa shape index (κ2) is 6.60. The first-order valence-electron chi connectivity index (χ1n) is 7.35. The maximum Gasteiger partial charge on any atom is 0.306 e. The number of hydrogen-bond donors (Lipinski definition) is 1. The quantitative estimate of drug-likeness (QED) is 0.242. The number of carbonyl (C=O) groups is 1. The van der Waals surface area contributed by atoms with Crippen LogP contribution in [-0.4, -0.2) is 49.2 Å². The van der Waals surface area contributed by atoms with Crippen LogP contribution < -0.4 is 5.84 Å². The van der Waals surface area contributed by atoms with Gasteiger partial charge in [-0.25, -0.2) is 5.01 Å². The monoisotopic (exact) mass is 302 g/mol. The molecule has 2 atom stereocenters. The summed E-state index contributed by atoms with van der Waals surface area (Å²) < 4.78 is 15.8. The van der Waals surface area contributed by atoms with E-state index in [1.807, 2.05) is 20.8 Å². The average molecular weight is 302 g/mol. The number of nitrogens with two attached hydrogens (primary N) is 1. The van der Waals surface area contributed by atoms with Crippen molar-refractivity contribution in [1.82, 2.24) is 5.01 Å². The van der Waals surface area contributed by atoms with E-state index in [9.17, 15) is 4.79 Å². The van der Waals surface area contributed by atoms with Gasteiger partial charge in [0, 0.05) is 20.1 Å². The van der Waals surface area contributed by atoms with Gasteiger partial charge in [0.05, 0.1) is 12.1 Å². The molecule has 2 N–H and O–H groups in total. The second-order valence-corrected chi connectivity index (χ2v) is 7.38. The van der Waals surface area contributed by atoms with E-state index in [4.69, 9.17) is 20.1 Å². The third-order valence-electron chi connectivity index (χ3n) is 4.05. The van der Waals surface area contributed by atoms with Gasteiger partial charge in [0.2, 0.25) is 0 Å². The number of esters is 1. The highest BCUT2D eigenvalue weighted by Gasteiger charge is 2.60. The molecule has 1 aliphatic rings. The van der Waals surface area contributed by atoms with Gasteiger partial charge in [-0.3, -0.25) is 10.6 Å². The fourth-order valence-electron chi connectivity index (χ4n) is 2.51. The molecule has 6 heteroatoms. The van der Waals surface area contributed by atoms with Crippen LogP contribution in [0, 0.1) is 5.41 Å². The Balaban J connectivity index is 2.53. The molecule has 0 spiro atoms. The molecule has 1 saturated heterocycles. The maximum atomic E-state index is 11.9. The number of hydrogen-bond acceptors (Lipinski definition) is 6. The molecule has 2 unspecified atom stereocenters. The van der Waals surface area contributed by atoms with Crippen LogP contribution in [0.1, 0.15) is 47.5 Å². The summed E-state index contributed by atoms with van der Waals surface area (Å²) in [6.07, 6.45) is 1.08. The predicted octanol–water partition coefficient (Wildman–Crippen LogP) is 1.68. The Morgan fingerprint density at radius 2 is 1.86 bits per heavy atom. The molecule has 1 heterocycles. The molecule has 0 saturated carbocycles. The van der Waals surface area contributed by atoms with E-state index >= 15 is 0 Å². The summed E-state index contributed by atoms with van der Waals surface area (Å²) in [5, 5.41) is 1.78. The van der Waals surface area contributed by atoms with Crippen LogP contribution in [0.25, 0.3) is 0 Å². The fourth-order valence-corrected chi connectivity index (χ4v) is 2.51. The number of hydrazine groups is 1. The van der Waals surface area contributed by atoms with E-state index in [-0.39, 0.29) is 23.7 Å². The van der Waals surface area contributed by atoms with Crippen molar-refractivity contribution in [3.8, 4) is 0 Å². The minimum absolute atomic E-state index is 0.146. The van der Waals surface area contributed by atoms with Crippen LogP contribution in [0.2, 0.25) is 0 Å². The Bertz CT molecular complexity index is 365. The van der Waals surface area contributed by atoms with Gasteiger partial charge in [-0.2, -0.15) is 0 Å². The van der Waals surface area contributed by atoms with Gasteiger partial charge in [-0.1, -0.05) is 13.8 Å². The van der Waals surface area contributed by atoms with Crippen LogP contribution in [0.4, 0.5) is 0 Å². The van der Waals surface area contributed by atoms with Crippen LogP contribution in [0.3, 0.4) is 0 Å². The Labute approximate surface area is 127 Å². The van der Waals surface area contributed by atoms with E-state index in [0.717, 1.165) is 6.54 Å². The molecule has 0 amide bonds. The number of methoxy groups -OCH3 is 1. The lowest BCUT2D eigenvalue weighted by Crippen LogP contribution is -2.43. The summed E-state index contributed by atoms with van der Waals surface area (Å²) in [5.74, 6) is 5.80. The standard InChI is InChI=1S/C15H30N2O4/c1-13(2,3)21-12(18)7-8-14(4,5)15(9-17(15)16)10-20-11-19-6/h7-11,16H2,1-6H3. The topological polar surface area (TPSA) is 73.8 Å². The first-order valence-corrected chi connectivity index (χ1v) is 7.35. The van der Waals surface area contributed by atoms with Crippen molar-refractivity contribution < 1.29 is 19.0 Å². The molecular formula is C15H30N2O4. The summed E-state index contributed by atoms with van der Waals surface area (Å²) in [4.78, 5) is 11.9. The van der Waals surface area contributed by atoms with E-state index < -0.39 is 5.60 Å². The van der Waals surface area contributed by atoms with Gasteiger partial charge in [0.25, 0.3) is 0 Å². The molecule has 21 heavy (non-hydrogen) atoms. The summed E-state index contributed by atoms with van der Waals surface area (Å²) in [7, 11) is 1.59. The normalized spacial score (nSPS) is 25.8. The van der Waals surface area contributed by atoms with Crippen molar-refractivity contribution in [2.45, 2.75) is 58.6 Å². The van der Waals surface area contributed by atoms with Crippen LogP contribution in [0.5, 0.6) is 0 Å². The van der Waals surface area contributed by atoms with Gasteiger partial charge in [-0.15, -0.1) is 0 Å². The molecule has 0 aromatic carbocycles. The molecule has 1 rings (SSSR count). The molecule has 124 valence electrons. The van der Waals surface area contributed by atoms with Crippen LogP contribution >= 0.6 is 0 Å². The molecule has 0 bridgehead atoms. The lowest BCUT2D eigenvalue weighted by molar-refractivity contribution is -0.155. The SMILES string of the molecule is COCOCC1(C(C)(C)CCC(=O)OC(C)(C)C)CN1N. The lowest BCUT2D eigenvalue weighted by Gasteiger charge is -2.34. The molecular weight excluding hydrogens is 272 g/mol. The van der Waals surface area contributed by atoms with Crippen LogP contribution in [0.15, 0.2) is 0 Å². The van der Waals surface area contributed by atoms with E-state index in [1.54, 1.807) is 12.1 Å². The van der Waals surface area contributed by atoms with E-state index in [1.165, 1.54) is 0 Å². The molecule has 0 aromatic heterocycles. The largest absolute Gasteiger partial charge is 0.460 e. The molecule has 1 fully saturated rings. The van der Waals surface area contributed by atoms with Gasteiger partial charge in [-0.05, 0) is 32.6 Å². The van der Waals surface area contributed by atoms with Crippen molar-refractivity contribution in [3.05, 3.63) is 0 Å². The van der Waals surface area contributed by atoms with Crippen molar-refractivity contribution in [3.63, 3.8) is 0 Å². The Kier molecular flexibility index (Phi) is 5.77. The molecule has 0 radical (unpaired) electrons. The Morgan fingerprint density at radius 3 is 2.29 bits per heavy atom. The van der Waals surface area contributed by atoms with Gasteiger partial charge >= 0.3 is 5.97 Å². The van der Waals surface area contributed by atoms with Crippen molar-refractivity contribution in [1.29, 1.82) is 0 Å². The van der Waals surface area contributed by atoms with Crippen molar-refractivity contribution >= 4 is 5.97 Å². The van der Waals surface area contributed by atoms with E-state index in [0.29, 0.717) is 19.4 Å². The van der Waals surface area contributed by atoms with Gasteiger partial charge in [0.1, 0.15) is 12.4 Å². The first kappa shape index (κ1) is 18.4. The van der Waals surface area contributed by atoms with Gasteiger partial charge < -0.3 is 14.2 Å². The molecule has 0 aromatic rings. The summed E-state index contributed by atoms with van der Waals surface area (Å²) in [6.45, 7) is 11.4. The number of nitrogens with zero attached hydrogens (tertiary/aromatic N) is 1. The van der Waals surface area contributed by atoms with E-state index in [2.05, 4.69) is 13.8 Å². The molecule has 6 nitrogen and oxygen atoms in total. The third-order valence-corrected chi connectivity index (χ3v) is 4.05. The van der Waals surface area contributed by atoms with Crippen LogP contribution in [-0.2, 0) is 19.0 Å². The number of carbonyl (C=O) groups excluding carboxylic acids is 1. The highest BCUT2D eigenvalue weighted by atomic mass is 16.7.